The molecule has 5 fully saturated rings. The Labute approximate surface area is 723 Å². The van der Waals surface area contributed by atoms with E-state index in [0.29, 0.717) is 30.3 Å². The maximum Gasteiger partial charge on any atom is 0.417 e. The average molecular weight is 1770 g/mol. The first kappa shape index (κ1) is 93.7. The topological polar surface area (TPSA) is 167 Å². The molecule has 0 radical (unpaired) electrons. The summed E-state index contributed by atoms with van der Waals surface area (Å²) in [6.07, 6.45) is 0.390. The fourth-order valence-corrected chi connectivity index (χ4v) is 20.2. The summed E-state index contributed by atoms with van der Waals surface area (Å²) in [5.41, 5.74) is -0.0102. The maximum atomic E-state index is 13.9. The Kier molecular flexibility index (Phi) is 32.3. The molecule has 2 unspecified atom stereocenters. The molecule has 652 valence electrons. The van der Waals surface area contributed by atoms with Gasteiger partial charge in [0.25, 0.3) is 27.7 Å². The average Bonchev–Trinajstić information content (AvgIpc) is 0.836. The van der Waals surface area contributed by atoms with Crippen LogP contribution in [0.1, 0.15) is 191 Å². The van der Waals surface area contributed by atoms with Crippen molar-refractivity contribution in [3.63, 3.8) is 0 Å². The minimum atomic E-state index is -4.62. The van der Waals surface area contributed by atoms with Crippen molar-refractivity contribution in [2.75, 3.05) is 58.7 Å². The lowest BCUT2D eigenvalue weighted by Gasteiger charge is -2.49. The Morgan fingerprint density at radius 1 is 0.451 bits per heavy atom. The summed E-state index contributed by atoms with van der Waals surface area (Å²) in [5, 5.41) is 19.0. The van der Waals surface area contributed by atoms with Crippen molar-refractivity contribution in [3.05, 3.63) is 301 Å². The van der Waals surface area contributed by atoms with Crippen LogP contribution in [0.3, 0.4) is 0 Å². The third kappa shape index (κ3) is 23.1. The second-order valence-corrected chi connectivity index (χ2v) is 34.8. The van der Waals surface area contributed by atoms with E-state index < -0.39 is 83.6 Å². The van der Waals surface area contributed by atoms with Gasteiger partial charge in [-0.1, -0.05) is 225 Å². The number of rotatable bonds is 19. The van der Waals surface area contributed by atoms with Crippen LogP contribution in [0.2, 0.25) is 15.1 Å². The molecule has 4 N–H and O–H groups in total. The monoisotopic (exact) mass is 1760 g/mol. The molecule has 3 amide bonds. The van der Waals surface area contributed by atoms with Crippen molar-refractivity contribution >= 4 is 68.2 Å². The van der Waals surface area contributed by atoms with Crippen molar-refractivity contribution in [1.82, 2.24) is 35.6 Å². The number of sulfonamides is 1. The van der Waals surface area contributed by atoms with Gasteiger partial charge in [0, 0.05) is 49.3 Å². The Morgan fingerprint density at radius 3 is 1.25 bits per heavy atom. The van der Waals surface area contributed by atoms with Gasteiger partial charge in [0.05, 0.1) is 84.3 Å². The second-order valence-electron chi connectivity index (χ2n) is 31.8. The number of methoxy groups -OCH3 is 1. The molecular weight excluding hydrogens is 1660 g/mol. The number of hydrogen-bond acceptors (Lipinski definition) is 11. The number of likely N-dealkylation sites (N-methyl/N-ethyl adjacent to an activating group) is 3. The van der Waals surface area contributed by atoms with Gasteiger partial charge in [-0.05, 0) is 200 Å². The van der Waals surface area contributed by atoms with Crippen molar-refractivity contribution in [1.29, 1.82) is 0 Å². The maximum absolute atomic E-state index is 13.9. The molecule has 1 saturated carbocycles. The molecule has 28 heteroatoms. The first-order valence-electron chi connectivity index (χ1n) is 41.2. The van der Waals surface area contributed by atoms with Gasteiger partial charge in [0.15, 0.2) is 0 Å². The Bertz CT molecular complexity index is 4890. The van der Waals surface area contributed by atoms with E-state index in [1.165, 1.54) is 36.4 Å². The number of alkyl halides is 9. The normalized spacial score (nSPS) is 21.1. The predicted octanol–water partition coefficient (Wildman–Crippen LogP) is 21.5. The van der Waals surface area contributed by atoms with Gasteiger partial charge in [-0.25, -0.2) is 8.42 Å². The van der Waals surface area contributed by atoms with Crippen LogP contribution in [0.15, 0.2) is 235 Å². The third-order valence-electron chi connectivity index (χ3n) is 24.1. The SMILES string of the molecule is CN1CCCCC[C@@H]1[C@H](NC(=O)c1cccc(C(F)(F)F)c1Cl)c1ccccc1.CN1CCC[C@@H]1[C@H](NC(=O)c1cccc(C(F)(F)F)c1Cl)c1ccccc1.COc1ccc(S(=O)(=O)N(c2ccccc2)C2CCN(C3CCCCC3(O)c3ccccc3)CC2)cc1.C[C@@H]1CCC[C@H]([C@H](NC(=O)c2cccc(C(F)(F)F)c2Cl)c2ccccc2)N1C. The van der Waals surface area contributed by atoms with E-state index in [-0.39, 0.29) is 69.9 Å². The quantitative estimate of drug-likeness (QED) is 0.0569. The Balaban J connectivity index is 0.000000160. The highest BCUT2D eigenvalue weighted by Crippen LogP contribution is 2.45. The van der Waals surface area contributed by atoms with Gasteiger partial charge in [-0.15, -0.1) is 0 Å². The lowest BCUT2D eigenvalue weighted by Crippen LogP contribution is -2.57. The largest absolute Gasteiger partial charge is 0.497 e. The number of carbonyl (C=O) groups excluding carboxylic acids is 3. The highest BCUT2D eigenvalue weighted by molar-refractivity contribution is 7.92. The van der Waals surface area contributed by atoms with Crippen LogP contribution in [0.4, 0.5) is 45.2 Å². The summed E-state index contributed by atoms with van der Waals surface area (Å²) in [7, 11) is 3.82. The van der Waals surface area contributed by atoms with Gasteiger partial charge in [0.1, 0.15) is 11.4 Å². The second kappa shape index (κ2) is 42.1. The van der Waals surface area contributed by atoms with Crippen LogP contribution in [0.25, 0.3) is 0 Å². The Morgan fingerprint density at radius 2 is 0.836 bits per heavy atom. The number of halogens is 12. The fraction of sp³-hybridized carbons (Fsp3) is 0.394. The lowest BCUT2D eigenvalue weighted by atomic mass is 9.74. The first-order chi connectivity index (χ1) is 58.2. The summed E-state index contributed by atoms with van der Waals surface area (Å²) in [4.78, 5) is 48.0. The van der Waals surface area contributed by atoms with Crippen molar-refractivity contribution in [3.8, 4) is 5.75 Å². The predicted molar refractivity (Wildman–Crippen MR) is 461 cm³/mol. The van der Waals surface area contributed by atoms with Crippen LogP contribution in [0.5, 0.6) is 5.75 Å². The number of likely N-dealkylation sites (tertiary alicyclic amines) is 4. The molecule has 0 aromatic heterocycles. The van der Waals surface area contributed by atoms with Crippen LogP contribution in [-0.2, 0) is 34.2 Å². The molecule has 122 heavy (non-hydrogen) atoms. The van der Waals surface area contributed by atoms with Gasteiger partial charge >= 0.3 is 18.5 Å². The summed E-state index contributed by atoms with van der Waals surface area (Å²) in [6, 6.07) is 64.0. The lowest BCUT2D eigenvalue weighted by molar-refractivity contribution is -0.138. The van der Waals surface area contributed by atoms with Gasteiger partial charge < -0.3 is 35.6 Å². The van der Waals surface area contributed by atoms with Crippen LogP contribution in [-0.4, -0.2) is 142 Å². The van der Waals surface area contributed by atoms with E-state index in [1.54, 1.807) is 35.7 Å². The summed E-state index contributed by atoms with van der Waals surface area (Å²) in [6.45, 7) is 5.44. The Hall–Kier alpha value is -9.02. The minimum absolute atomic E-state index is 0.0352. The molecule has 4 heterocycles. The smallest absolute Gasteiger partial charge is 0.417 e. The number of nitrogens with zero attached hydrogens (tertiary/aromatic N) is 5. The van der Waals surface area contributed by atoms with E-state index in [1.807, 2.05) is 173 Å². The summed E-state index contributed by atoms with van der Waals surface area (Å²) < 4.78 is 153. The number of nitrogens with one attached hydrogen (secondary N) is 3. The first-order valence-corrected chi connectivity index (χ1v) is 43.8. The molecule has 9 aromatic carbocycles. The van der Waals surface area contributed by atoms with Crippen LogP contribution in [0, 0.1) is 0 Å². The molecule has 0 spiro atoms. The number of anilines is 1. The minimum Gasteiger partial charge on any atom is -0.497 e. The molecule has 15 nitrogen and oxygen atoms in total. The number of hydrogen-bond donors (Lipinski definition) is 4. The van der Waals surface area contributed by atoms with Gasteiger partial charge in [-0.3, -0.25) is 28.5 Å². The standard InChI is InChI=1S/C30H36N2O4S.2C22H24ClF3N2O.C20H20ClF3N2O/c1-36-27-15-17-28(18-16-27)37(34,35)32(25-12-6-3-7-13-25)26-19-22-31(23-20-26)29-14-8-9-21-30(29,33)24-10-4-2-5-11-24;1-14-8-6-13-18(28(14)2)20(15-9-4-3-5-10-15)27-21(29)16-11-7-12-17(19(16)23)22(24,25)26;1-28-14-7-3-6-13-18(28)20(15-9-4-2-5-10-15)27-21(29)16-11-8-12-17(19(16)23)22(24,25)26;1-26-12-6-11-16(26)18(13-7-3-2-4-8-13)25-19(27)14-9-5-10-15(17(14)21)20(22,23)24/h2-7,10-13,15-18,26,29,33H,8-9,14,19-23H2,1H3;3-5,7,9-12,14,18,20H,6,8,13H2,1-2H3,(H,27,29);2,4-5,8-12,18,20H,3,6-7,13-14H2,1H3,(H,27,29);2-5,7-10,16,18H,6,11-12H2,1H3,(H,25,27)/t;14-,18-,20-;18-,20-;16-,18-/m.111/s1. The molecular formula is C94H104Cl3F9N8O7S. The summed E-state index contributed by atoms with van der Waals surface area (Å²) in [5.74, 6) is -1.20. The molecule has 4 aliphatic heterocycles. The molecule has 5 aliphatic rings. The summed E-state index contributed by atoms with van der Waals surface area (Å²) >= 11 is 17.8. The highest BCUT2D eigenvalue weighted by Gasteiger charge is 2.47. The van der Waals surface area contributed by atoms with Crippen molar-refractivity contribution < 1.29 is 72.2 Å². The number of piperidine rings is 2. The van der Waals surface area contributed by atoms with Crippen molar-refractivity contribution in [2.45, 2.75) is 187 Å². The zero-order chi connectivity index (χ0) is 87.7. The molecule has 14 rings (SSSR count). The van der Waals surface area contributed by atoms with Gasteiger partial charge in [-0.2, -0.15) is 39.5 Å². The zero-order valence-electron chi connectivity index (χ0n) is 68.6. The molecule has 1 aliphatic carbocycles. The van der Waals surface area contributed by atoms with E-state index >= 15 is 0 Å². The van der Waals surface area contributed by atoms with E-state index in [9.17, 15) is 67.4 Å². The van der Waals surface area contributed by atoms with Gasteiger partial charge in [0.2, 0.25) is 0 Å². The third-order valence-corrected chi connectivity index (χ3v) is 27.3. The molecule has 9 aromatic rings. The van der Waals surface area contributed by atoms with E-state index in [4.69, 9.17) is 39.5 Å². The number of amides is 3. The number of para-hydroxylation sites is 1. The van der Waals surface area contributed by atoms with Crippen LogP contribution < -0.4 is 25.0 Å². The fourth-order valence-electron chi connectivity index (χ4n) is 17.5. The number of aliphatic hydroxyl groups is 1. The highest BCUT2D eigenvalue weighted by atomic mass is 35.5. The molecule has 9 atom stereocenters. The van der Waals surface area contributed by atoms with Crippen molar-refractivity contribution in [2.24, 2.45) is 0 Å². The van der Waals surface area contributed by atoms with E-state index in [0.717, 1.165) is 150 Å². The zero-order valence-corrected chi connectivity index (χ0v) is 71.7. The molecule has 4 saturated heterocycles. The number of ether oxygens (including phenoxy) is 1. The number of benzene rings is 9. The molecule has 0 bridgehead atoms. The van der Waals surface area contributed by atoms with Crippen LogP contribution >= 0.6 is 34.8 Å². The van der Waals surface area contributed by atoms with E-state index in [2.05, 4.69) is 42.5 Å². The number of carbonyl (C=O) groups is 3.